The van der Waals surface area contributed by atoms with Gasteiger partial charge >= 0.3 is 0 Å². The number of likely N-dealkylation sites (N-methyl/N-ethyl adjacent to an activating group) is 1. The summed E-state index contributed by atoms with van der Waals surface area (Å²) >= 11 is 0. The van der Waals surface area contributed by atoms with Gasteiger partial charge in [0.25, 0.3) is 5.91 Å². The van der Waals surface area contributed by atoms with Crippen molar-refractivity contribution in [1.82, 2.24) is 10.2 Å². The lowest BCUT2D eigenvalue weighted by atomic mass is 10.1. The second-order valence-corrected chi connectivity index (χ2v) is 4.04. The van der Waals surface area contributed by atoms with Crippen LogP contribution in [0.1, 0.15) is 15.9 Å². The van der Waals surface area contributed by atoms with E-state index in [0.717, 1.165) is 5.56 Å². The van der Waals surface area contributed by atoms with Gasteiger partial charge in [-0.3, -0.25) is 9.59 Å². The van der Waals surface area contributed by atoms with Crippen LogP contribution >= 0.6 is 0 Å². The number of nitrogens with one attached hydrogen (secondary N) is 1. The summed E-state index contributed by atoms with van der Waals surface area (Å²) in [5.74, 6) is -0.422. The van der Waals surface area contributed by atoms with Crippen LogP contribution in [0.3, 0.4) is 0 Å². The van der Waals surface area contributed by atoms with E-state index in [9.17, 15) is 9.59 Å². The number of amides is 2. The zero-order chi connectivity index (χ0) is 13.0. The van der Waals surface area contributed by atoms with Crippen LogP contribution in [0.2, 0.25) is 0 Å². The van der Waals surface area contributed by atoms with Gasteiger partial charge in [0.2, 0.25) is 5.91 Å². The van der Waals surface area contributed by atoms with E-state index < -0.39 is 0 Å². The van der Waals surface area contributed by atoms with Crippen LogP contribution in [0.25, 0.3) is 0 Å². The first-order chi connectivity index (χ1) is 7.91. The maximum absolute atomic E-state index is 11.7. The first kappa shape index (κ1) is 13.0. The lowest BCUT2D eigenvalue weighted by molar-refractivity contribution is -0.127. The number of carbonyl (C=O) groups is 2. The molecule has 5 heteroatoms. The molecule has 1 rings (SSSR count). The molecule has 0 heterocycles. The van der Waals surface area contributed by atoms with Gasteiger partial charge in [-0.05, 0) is 30.7 Å². The molecular weight excluding hydrogens is 218 g/mol. The molecule has 0 spiro atoms. The summed E-state index contributed by atoms with van der Waals surface area (Å²) in [7, 11) is 3.28. The monoisotopic (exact) mass is 235 g/mol. The first-order valence-corrected chi connectivity index (χ1v) is 5.26. The van der Waals surface area contributed by atoms with E-state index >= 15 is 0 Å². The molecule has 0 aliphatic carbocycles. The van der Waals surface area contributed by atoms with E-state index in [1.54, 1.807) is 32.3 Å². The van der Waals surface area contributed by atoms with E-state index in [1.165, 1.54) is 4.90 Å². The van der Waals surface area contributed by atoms with Crippen molar-refractivity contribution in [1.29, 1.82) is 0 Å². The number of nitrogens with two attached hydrogens (primary N) is 1. The maximum atomic E-state index is 11.7. The molecule has 17 heavy (non-hydrogen) atoms. The van der Waals surface area contributed by atoms with E-state index in [1.807, 2.05) is 6.92 Å². The van der Waals surface area contributed by atoms with Crippen LogP contribution in [0, 0.1) is 6.92 Å². The Hall–Kier alpha value is -2.04. The molecule has 0 aliphatic heterocycles. The Labute approximate surface area is 101 Å². The number of aryl methyl sites for hydroxylation is 1. The fourth-order valence-corrected chi connectivity index (χ4v) is 1.23. The maximum Gasteiger partial charge on any atom is 0.251 e. The molecule has 0 radical (unpaired) electrons. The minimum Gasteiger partial charge on any atom is -0.399 e. The molecule has 92 valence electrons. The van der Waals surface area contributed by atoms with Gasteiger partial charge in [-0.1, -0.05) is 0 Å². The van der Waals surface area contributed by atoms with Gasteiger partial charge < -0.3 is 16.0 Å². The lowest BCUT2D eigenvalue weighted by Gasteiger charge is -2.11. The molecule has 0 atom stereocenters. The highest BCUT2D eigenvalue weighted by Gasteiger charge is 2.09. The molecule has 0 saturated heterocycles. The number of rotatable bonds is 3. The Bertz CT molecular complexity index is 441. The predicted octanol–water partition coefficient (Wildman–Crippen LogP) is 0.395. The Kier molecular flexibility index (Phi) is 4.09. The van der Waals surface area contributed by atoms with Gasteiger partial charge in [0.15, 0.2) is 0 Å². The SMILES string of the molecule is Cc1cc(C(=O)NCC(=O)N(C)C)ccc1N. The van der Waals surface area contributed by atoms with Crippen LogP contribution in [0.15, 0.2) is 18.2 Å². The molecule has 0 aliphatic rings. The number of nitrogens with zero attached hydrogens (tertiary/aromatic N) is 1. The number of anilines is 1. The average molecular weight is 235 g/mol. The number of benzene rings is 1. The lowest BCUT2D eigenvalue weighted by Crippen LogP contribution is -2.36. The van der Waals surface area contributed by atoms with E-state index in [-0.39, 0.29) is 18.4 Å². The quantitative estimate of drug-likeness (QED) is 0.744. The zero-order valence-corrected chi connectivity index (χ0v) is 10.3. The normalized spacial score (nSPS) is 9.82. The van der Waals surface area contributed by atoms with Gasteiger partial charge in [0.1, 0.15) is 0 Å². The number of hydrogen-bond donors (Lipinski definition) is 2. The van der Waals surface area contributed by atoms with Gasteiger partial charge in [0.05, 0.1) is 6.54 Å². The minimum atomic E-state index is -0.275. The fourth-order valence-electron chi connectivity index (χ4n) is 1.23. The Balaban J connectivity index is 2.64. The van der Waals surface area contributed by atoms with Crippen LogP contribution in [-0.4, -0.2) is 37.4 Å². The molecular formula is C12H17N3O2. The largest absolute Gasteiger partial charge is 0.399 e. The summed E-state index contributed by atoms with van der Waals surface area (Å²) in [4.78, 5) is 24.4. The summed E-state index contributed by atoms with van der Waals surface area (Å²) in [6.45, 7) is 1.83. The zero-order valence-electron chi connectivity index (χ0n) is 10.3. The highest BCUT2D eigenvalue weighted by Crippen LogP contribution is 2.12. The summed E-state index contributed by atoms with van der Waals surface area (Å²) in [6, 6.07) is 5.01. The summed E-state index contributed by atoms with van der Waals surface area (Å²) in [5.41, 5.74) is 7.65. The van der Waals surface area contributed by atoms with Crippen molar-refractivity contribution in [2.75, 3.05) is 26.4 Å². The van der Waals surface area contributed by atoms with Crippen LogP contribution in [0.5, 0.6) is 0 Å². The van der Waals surface area contributed by atoms with Crippen LogP contribution in [-0.2, 0) is 4.79 Å². The summed E-state index contributed by atoms with van der Waals surface area (Å²) in [5, 5.41) is 2.56. The van der Waals surface area contributed by atoms with Gasteiger partial charge in [-0.15, -0.1) is 0 Å². The number of nitrogen functional groups attached to an aromatic ring is 1. The Morgan fingerprint density at radius 2 is 2.00 bits per heavy atom. The molecule has 2 amide bonds. The topological polar surface area (TPSA) is 75.4 Å². The molecule has 0 unspecified atom stereocenters. The van der Waals surface area contributed by atoms with Gasteiger partial charge in [-0.25, -0.2) is 0 Å². The Morgan fingerprint density at radius 1 is 1.35 bits per heavy atom. The van der Waals surface area contributed by atoms with Crippen molar-refractivity contribution in [3.63, 3.8) is 0 Å². The van der Waals surface area contributed by atoms with Crippen LogP contribution < -0.4 is 11.1 Å². The third-order valence-electron chi connectivity index (χ3n) is 2.43. The van der Waals surface area contributed by atoms with Crippen molar-refractivity contribution in [3.8, 4) is 0 Å². The van der Waals surface area contributed by atoms with E-state index in [2.05, 4.69) is 5.32 Å². The van der Waals surface area contributed by atoms with Crippen molar-refractivity contribution >= 4 is 17.5 Å². The summed E-state index contributed by atoms with van der Waals surface area (Å²) in [6.07, 6.45) is 0. The smallest absolute Gasteiger partial charge is 0.251 e. The third-order valence-corrected chi connectivity index (χ3v) is 2.43. The molecule has 0 bridgehead atoms. The first-order valence-electron chi connectivity index (χ1n) is 5.26. The standard InChI is InChI=1S/C12H17N3O2/c1-8-6-9(4-5-10(8)13)12(17)14-7-11(16)15(2)3/h4-6H,7,13H2,1-3H3,(H,14,17). The molecule has 0 saturated carbocycles. The molecule has 3 N–H and O–H groups in total. The Morgan fingerprint density at radius 3 is 2.53 bits per heavy atom. The third kappa shape index (κ3) is 3.48. The second kappa shape index (κ2) is 5.34. The van der Waals surface area contributed by atoms with Crippen molar-refractivity contribution in [2.24, 2.45) is 0 Å². The average Bonchev–Trinajstić information content (AvgIpc) is 2.28. The molecule has 1 aromatic carbocycles. The van der Waals surface area contributed by atoms with Crippen LogP contribution in [0.4, 0.5) is 5.69 Å². The van der Waals surface area contributed by atoms with Crippen molar-refractivity contribution in [3.05, 3.63) is 29.3 Å². The minimum absolute atomic E-state index is 0.00470. The molecule has 1 aromatic rings. The summed E-state index contributed by atoms with van der Waals surface area (Å²) < 4.78 is 0. The van der Waals surface area contributed by atoms with Crippen molar-refractivity contribution < 1.29 is 9.59 Å². The predicted molar refractivity (Wildman–Crippen MR) is 66.6 cm³/mol. The molecule has 5 nitrogen and oxygen atoms in total. The second-order valence-electron chi connectivity index (χ2n) is 4.04. The molecule has 0 fully saturated rings. The number of carbonyl (C=O) groups excluding carboxylic acids is 2. The van der Waals surface area contributed by atoms with Crippen molar-refractivity contribution in [2.45, 2.75) is 6.92 Å². The number of hydrogen-bond acceptors (Lipinski definition) is 3. The molecule has 0 aromatic heterocycles. The van der Waals surface area contributed by atoms with Gasteiger partial charge in [-0.2, -0.15) is 0 Å². The highest BCUT2D eigenvalue weighted by atomic mass is 16.2. The fraction of sp³-hybridized carbons (Fsp3) is 0.333. The van der Waals surface area contributed by atoms with E-state index in [0.29, 0.717) is 11.3 Å². The van der Waals surface area contributed by atoms with E-state index in [4.69, 9.17) is 5.73 Å². The highest BCUT2D eigenvalue weighted by molar-refractivity contribution is 5.96. The van der Waals surface area contributed by atoms with Gasteiger partial charge in [0, 0.05) is 25.3 Å².